The second-order valence-corrected chi connectivity index (χ2v) is 5.36. The molecular formula is C15H25N5O. The molecule has 2 rings (SSSR count). The van der Waals surface area contributed by atoms with Crippen molar-refractivity contribution in [2.75, 3.05) is 29.9 Å². The molecule has 0 bridgehead atoms. The molecule has 1 atom stereocenters. The Bertz CT molecular complexity index is 491. The summed E-state index contributed by atoms with van der Waals surface area (Å²) in [5, 5.41) is 6.27. The second kappa shape index (κ2) is 7.24. The molecular weight excluding hydrogens is 266 g/mol. The van der Waals surface area contributed by atoms with E-state index in [1.807, 2.05) is 6.92 Å². The molecule has 21 heavy (non-hydrogen) atoms. The number of rotatable bonds is 6. The summed E-state index contributed by atoms with van der Waals surface area (Å²) in [7, 11) is 0. The van der Waals surface area contributed by atoms with E-state index in [1.165, 1.54) is 0 Å². The van der Waals surface area contributed by atoms with E-state index in [2.05, 4.69) is 39.3 Å². The molecule has 2 heterocycles. The minimum absolute atomic E-state index is 0.0605. The van der Waals surface area contributed by atoms with E-state index in [9.17, 15) is 4.79 Å². The van der Waals surface area contributed by atoms with Crippen LogP contribution in [0.25, 0.3) is 0 Å². The highest BCUT2D eigenvalue weighted by Crippen LogP contribution is 2.27. The Balaban J connectivity index is 2.34. The van der Waals surface area contributed by atoms with E-state index >= 15 is 0 Å². The number of carbonyl (C=O) groups is 1. The van der Waals surface area contributed by atoms with Crippen molar-refractivity contribution in [2.24, 2.45) is 0 Å². The summed E-state index contributed by atoms with van der Waals surface area (Å²) >= 11 is 0. The van der Waals surface area contributed by atoms with Gasteiger partial charge in [-0.05, 0) is 19.8 Å². The van der Waals surface area contributed by atoms with Crippen LogP contribution in [0.4, 0.5) is 11.6 Å². The summed E-state index contributed by atoms with van der Waals surface area (Å²) in [5.41, 5.74) is 1.12. The molecule has 116 valence electrons. The van der Waals surface area contributed by atoms with Crippen molar-refractivity contribution < 1.29 is 4.79 Å². The highest BCUT2D eigenvalue weighted by Gasteiger charge is 2.28. The summed E-state index contributed by atoms with van der Waals surface area (Å²) in [4.78, 5) is 22.8. The lowest BCUT2D eigenvalue weighted by Crippen LogP contribution is -2.54. The maximum Gasteiger partial charge on any atom is 0.242 e. The second-order valence-electron chi connectivity index (χ2n) is 5.36. The predicted molar refractivity (Wildman–Crippen MR) is 84.6 cm³/mol. The number of hydrogen-bond acceptors (Lipinski definition) is 5. The first-order valence-electron chi connectivity index (χ1n) is 7.81. The van der Waals surface area contributed by atoms with Crippen LogP contribution in [0.15, 0.2) is 6.33 Å². The third-order valence-corrected chi connectivity index (χ3v) is 3.74. The minimum atomic E-state index is -0.191. The third-order valence-electron chi connectivity index (χ3n) is 3.74. The zero-order valence-electron chi connectivity index (χ0n) is 13.1. The van der Waals surface area contributed by atoms with Crippen molar-refractivity contribution in [3.05, 3.63) is 11.9 Å². The van der Waals surface area contributed by atoms with Crippen LogP contribution in [0.2, 0.25) is 0 Å². The molecule has 1 aliphatic heterocycles. The molecule has 1 aromatic heterocycles. The topological polar surface area (TPSA) is 70.2 Å². The minimum Gasteiger partial charge on any atom is -0.370 e. The van der Waals surface area contributed by atoms with Crippen LogP contribution >= 0.6 is 0 Å². The maximum atomic E-state index is 11.9. The number of amides is 1. The van der Waals surface area contributed by atoms with Crippen LogP contribution in [0, 0.1) is 0 Å². The van der Waals surface area contributed by atoms with E-state index in [0.29, 0.717) is 6.54 Å². The smallest absolute Gasteiger partial charge is 0.242 e. The summed E-state index contributed by atoms with van der Waals surface area (Å²) in [5.74, 6) is 1.86. The maximum absolute atomic E-state index is 11.9. The first-order valence-corrected chi connectivity index (χ1v) is 7.81. The van der Waals surface area contributed by atoms with Crippen molar-refractivity contribution in [1.29, 1.82) is 0 Å². The largest absolute Gasteiger partial charge is 0.370 e. The molecule has 1 amide bonds. The molecule has 1 aliphatic rings. The molecule has 1 unspecified atom stereocenters. The first-order chi connectivity index (χ1) is 10.2. The molecule has 1 fully saturated rings. The fourth-order valence-corrected chi connectivity index (χ4v) is 2.60. The van der Waals surface area contributed by atoms with E-state index in [-0.39, 0.29) is 11.9 Å². The third kappa shape index (κ3) is 3.43. The van der Waals surface area contributed by atoms with Gasteiger partial charge in [0.1, 0.15) is 24.0 Å². The monoisotopic (exact) mass is 291 g/mol. The molecule has 1 aromatic rings. The molecule has 6 heteroatoms. The molecule has 0 aliphatic carbocycles. The summed E-state index contributed by atoms with van der Waals surface area (Å²) in [6.07, 6.45) is 4.57. The lowest BCUT2D eigenvalue weighted by molar-refractivity contribution is -0.122. The quantitative estimate of drug-likeness (QED) is 0.832. The Labute approximate surface area is 126 Å². The van der Waals surface area contributed by atoms with Gasteiger partial charge < -0.3 is 15.5 Å². The van der Waals surface area contributed by atoms with Crippen molar-refractivity contribution in [3.8, 4) is 0 Å². The molecule has 0 radical (unpaired) electrons. The standard InChI is InChI=1S/C15H25N5O/c1-4-6-12-13(16-7-5-2)18-10-19-14(12)20-9-8-17-15(21)11(20)3/h10-11H,4-9H2,1-3H3,(H,17,21)(H,16,18,19). The van der Waals surface area contributed by atoms with Gasteiger partial charge in [-0.25, -0.2) is 9.97 Å². The van der Waals surface area contributed by atoms with Crippen molar-refractivity contribution >= 4 is 17.5 Å². The number of hydrogen-bond donors (Lipinski definition) is 2. The van der Waals surface area contributed by atoms with E-state index in [4.69, 9.17) is 0 Å². The van der Waals surface area contributed by atoms with Gasteiger partial charge in [-0.1, -0.05) is 20.3 Å². The predicted octanol–water partition coefficient (Wildman–Crippen LogP) is 1.58. The Hall–Kier alpha value is -1.85. The highest BCUT2D eigenvalue weighted by atomic mass is 16.2. The van der Waals surface area contributed by atoms with Gasteiger partial charge in [0.15, 0.2) is 0 Å². The molecule has 6 nitrogen and oxygen atoms in total. The van der Waals surface area contributed by atoms with E-state index in [1.54, 1.807) is 6.33 Å². The average molecular weight is 291 g/mol. The van der Waals surface area contributed by atoms with Gasteiger partial charge in [0.2, 0.25) is 5.91 Å². The van der Waals surface area contributed by atoms with Gasteiger partial charge in [0.25, 0.3) is 0 Å². The van der Waals surface area contributed by atoms with E-state index < -0.39 is 0 Å². The van der Waals surface area contributed by atoms with Gasteiger partial charge in [0.05, 0.1) is 0 Å². The summed E-state index contributed by atoms with van der Waals surface area (Å²) < 4.78 is 0. The van der Waals surface area contributed by atoms with Gasteiger partial charge in [0, 0.05) is 25.2 Å². The molecule has 0 spiro atoms. The molecule has 2 N–H and O–H groups in total. The van der Waals surface area contributed by atoms with E-state index in [0.717, 1.165) is 49.6 Å². The number of nitrogens with one attached hydrogen (secondary N) is 2. The molecule has 0 saturated carbocycles. The van der Waals surface area contributed by atoms with Crippen LogP contribution in [-0.2, 0) is 11.2 Å². The first kappa shape index (κ1) is 15.5. The van der Waals surface area contributed by atoms with Gasteiger partial charge in [-0.15, -0.1) is 0 Å². The Kier molecular flexibility index (Phi) is 5.36. The van der Waals surface area contributed by atoms with Crippen LogP contribution in [0.3, 0.4) is 0 Å². The SMILES string of the molecule is CCCNc1ncnc(N2CCNC(=O)C2C)c1CCC. The lowest BCUT2D eigenvalue weighted by atomic mass is 10.1. The van der Waals surface area contributed by atoms with Gasteiger partial charge in [-0.2, -0.15) is 0 Å². The summed E-state index contributed by atoms with van der Waals surface area (Å²) in [6.45, 7) is 8.54. The fraction of sp³-hybridized carbons (Fsp3) is 0.667. The Morgan fingerprint density at radius 3 is 2.90 bits per heavy atom. The van der Waals surface area contributed by atoms with Crippen LogP contribution in [0.1, 0.15) is 39.2 Å². The zero-order chi connectivity index (χ0) is 15.2. The van der Waals surface area contributed by atoms with Crippen molar-refractivity contribution in [1.82, 2.24) is 15.3 Å². The van der Waals surface area contributed by atoms with Crippen LogP contribution in [-0.4, -0.2) is 41.6 Å². The summed E-state index contributed by atoms with van der Waals surface area (Å²) in [6, 6.07) is -0.191. The number of carbonyl (C=O) groups excluding carboxylic acids is 1. The Morgan fingerprint density at radius 1 is 1.38 bits per heavy atom. The number of nitrogens with zero attached hydrogens (tertiary/aromatic N) is 3. The van der Waals surface area contributed by atoms with Gasteiger partial charge >= 0.3 is 0 Å². The Morgan fingerprint density at radius 2 is 2.19 bits per heavy atom. The van der Waals surface area contributed by atoms with Crippen molar-refractivity contribution in [3.63, 3.8) is 0 Å². The normalized spacial score (nSPS) is 18.5. The van der Waals surface area contributed by atoms with Gasteiger partial charge in [-0.3, -0.25) is 4.79 Å². The van der Waals surface area contributed by atoms with Crippen LogP contribution in [0.5, 0.6) is 0 Å². The molecule has 1 saturated heterocycles. The number of aromatic nitrogens is 2. The number of anilines is 2. The fourth-order valence-electron chi connectivity index (χ4n) is 2.60. The number of piperazine rings is 1. The van der Waals surface area contributed by atoms with Crippen molar-refractivity contribution in [2.45, 2.75) is 46.1 Å². The average Bonchev–Trinajstić information content (AvgIpc) is 2.49. The zero-order valence-corrected chi connectivity index (χ0v) is 13.1. The lowest BCUT2D eigenvalue weighted by Gasteiger charge is -2.35. The van der Waals surface area contributed by atoms with Crippen LogP contribution < -0.4 is 15.5 Å². The highest BCUT2D eigenvalue weighted by molar-refractivity contribution is 5.86. The molecule has 0 aromatic carbocycles.